The third-order valence-corrected chi connectivity index (χ3v) is 5.22. The fourth-order valence-electron chi connectivity index (χ4n) is 3.00. The molecule has 2 aromatic heterocycles. The number of rotatable bonds is 3. The van der Waals surface area contributed by atoms with Gasteiger partial charge in [0.2, 0.25) is 0 Å². The average molecular weight is 342 g/mol. The summed E-state index contributed by atoms with van der Waals surface area (Å²) in [7, 11) is 1.67. The van der Waals surface area contributed by atoms with E-state index in [2.05, 4.69) is 22.0 Å². The molecule has 0 unspecified atom stereocenters. The molecule has 0 spiro atoms. The smallest absolute Gasteiger partial charge is 0.271 e. The minimum atomic E-state index is 0.0774. The molecule has 3 heterocycles. The number of aromatic nitrogens is 2. The Balaban J connectivity index is 1.43. The number of hydrogen-bond donors (Lipinski definition) is 0. The van der Waals surface area contributed by atoms with Crippen LogP contribution in [-0.4, -0.2) is 53.5 Å². The molecule has 0 atom stereocenters. The number of amides is 1. The van der Waals surface area contributed by atoms with Crippen LogP contribution in [0.25, 0.3) is 4.96 Å². The molecular weight excluding hydrogens is 324 g/mol. The first-order valence-corrected chi connectivity index (χ1v) is 8.73. The number of ether oxygens (including phenoxy) is 1. The second-order valence-corrected chi connectivity index (χ2v) is 6.51. The van der Waals surface area contributed by atoms with Crippen LogP contribution < -0.4 is 9.64 Å². The van der Waals surface area contributed by atoms with Gasteiger partial charge in [-0.15, -0.1) is 11.3 Å². The van der Waals surface area contributed by atoms with Crippen molar-refractivity contribution < 1.29 is 9.53 Å². The van der Waals surface area contributed by atoms with E-state index in [0.29, 0.717) is 5.69 Å². The first-order chi connectivity index (χ1) is 11.8. The van der Waals surface area contributed by atoms with E-state index in [1.807, 2.05) is 33.0 Å². The van der Waals surface area contributed by atoms with Gasteiger partial charge in [-0.2, -0.15) is 0 Å². The zero-order valence-electron chi connectivity index (χ0n) is 13.4. The number of benzene rings is 1. The Kier molecular flexibility index (Phi) is 3.86. The van der Waals surface area contributed by atoms with E-state index in [1.165, 1.54) is 11.3 Å². The predicted molar refractivity (Wildman–Crippen MR) is 94.2 cm³/mol. The van der Waals surface area contributed by atoms with Gasteiger partial charge in [0.05, 0.1) is 7.11 Å². The molecule has 1 aromatic carbocycles. The molecule has 0 N–H and O–H groups in total. The second-order valence-electron chi connectivity index (χ2n) is 5.68. The lowest BCUT2D eigenvalue weighted by atomic mass is 10.2. The van der Waals surface area contributed by atoms with Crippen LogP contribution >= 0.6 is 11.3 Å². The molecule has 4 rings (SSSR count). The van der Waals surface area contributed by atoms with Crippen LogP contribution in [0.1, 0.15) is 10.5 Å². The molecule has 0 radical (unpaired) electrons. The Hall–Kier alpha value is -2.54. The van der Waals surface area contributed by atoms with E-state index < -0.39 is 0 Å². The topological polar surface area (TPSA) is 50.1 Å². The molecule has 0 saturated carbocycles. The molecule has 1 saturated heterocycles. The number of piperazine rings is 1. The molecule has 124 valence electrons. The number of fused-ring (bicyclic) bond motifs is 1. The van der Waals surface area contributed by atoms with Gasteiger partial charge in [0.1, 0.15) is 11.4 Å². The minimum absolute atomic E-state index is 0.0774. The number of methoxy groups -OCH3 is 1. The molecule has 1 amide bonds. The molecule has 1 aliphatic heterocycles. The van der Waals surface area contributed by atoms with E-state index in [9.17, 15) is 4.79 Å². The largest absolute Gasteiger partial charge is 0.497 e. The van der Waals surface area contributed by atoms with Crippen molar-refractivity contribution in [1.29, 1.82) is 0 Å². The van der Waals surface area contributed by atoms with E-state index in [4.69, 9.17) is 4.74 Å². The highest BCUT2D eigenvalue weighted by Crippen LogP contribution is 2.22. The molecule has 24 heavy (non-hydrogen) atoms. The summed E-state index contributed by atoms with van der Waals surface area (Å²) in [6.45, 7) is 3.10. The van der Waals surface area contributed by atoms with Crippen molar-refractivity contribution in [1.82, 2.24) is 14.3 Å². The maximum absolute atomic E-state index is 12.7. The highest BCUT2D eigenvalue weighted by molar-refractivity contribution is 7.15. The van der Waals surface area contributed by atoms with Crippen LogP contribution in [-0.2, 0) is 0 Å². The van der Waals surface area contributed by atoms with Gasteiger partial charge in [0, 0.05) is 49.6 Å². The third kappa shape index (κ3) is 2.60. The Morgan fingerprint density at radius 1 is 1.17 bits per heavy atom. The van der Waals surface area contributed by atoms with Gasteiger partial charge in [-0.25, -0.2) is 4.98 Å². The highest BCUT2D eigenvalue weighted by atomic mass is 32.1. The maximum atomic E-state index is 12.7. The summed E-state index contributed by atoms with van der Waals surface area (Å²) < 4.78 is 7.06. The Bertz CT molecular complexity index is 847. The van der Waals surface area contributed by atoms with Crippen LogP contribution in [0.15, 0.2) is 42.0 Å². The van der Waals surface area contributed by atoms with E-state index >= 15 is 0 Å². The maximum Gasteiger partial charge on any atom is 0.271 e. The lowest BCUT2D eigenvalue weighted by molar-refractivity contribution is 0.0740. The Labute approximate surface area is 143 Å². The van der Waals surface area contributed by atoms with Crippen LogP contribution in [0, 0.1) is 0 Å². The number of anilines is 1. The van der Waals surface area contributed by atoms with Crippen LogP contribution in [0.5, 0.6) is 5.75 Å². The van der Waals surface area contributed by atoms with Crippen molar-refractivity contribution in [2.24, 2.45) is 0 Å². The molecule has 0 bridgehead atoms. The van der Waals surface area contributed by atoms with Crippen molar-refractivity contribution in [3.63, 3.8) is 0 Å². The summed E-state index contributed by atoms with van der Waals surface area (Å²) in [5.74, 6) is 0.933. The van der Waals surface area contributed by atoms with Gasteiger partial charge < -0.3 is 14.5 Å². The lowest BCUT2D eigenvalue weighted by Crippen LogP contribution is -2.49. The normalized spacial score (nSPS) is 15.0. The Morgan fingerprint density at radius 2 is 1.92 bits per heavy atom. The molecule has 3 aromatic rings. The van der Waals surface area contributed by atoms with Crippen molar-refractivity contribution >= 4 is 27.9 Å². The summed E-state index contributed by atoms with van der Waals surface area (Å²) in [5.41, 5.74) is 1.86. The SMILES string of the molecule is COc1ccc(N2CCN(C(=O)c3csc4nccn34)CC2)cc1. The van der Waals surface area contributed by atoms with Crippen molar-refractivity contribution in [2.75, 3.05) is 38.2 Å². The number of imidazole rings is 1. The van der Waals surface area contributed by atoms with Gasteiger partial charge in [-0.05, 0) is 24.3 Å². The standard InChI is InChI=1S/C17H18N4O2S/c1-23-14-4-2-13(3-5-14)19-8-10-20(11-9-19)16(22)15-12-24-17-18-6-7-21(15)17/h2-7,12H,8-11H2,1H3. The van der Waals surface area contributed by atoms with Gasteiger partial charge in [0.25, 0.3) is 5.91 Å². The number of carbonyl (C=O) groups is 1. The van der Waals surface area contributed by atoms with Crippen LogP contribution in [0.3, 0.4) is 0 Å². The van der Waals surface area contributed by atoms with Crippen molar-refractivity contribution in [3.05, 3.63) is 47.7 Å². The van der Waals surface area contributed by atoms with Gasteiger partial charge >= 0.3 is 0 Å². The number of nitrogens with zero attached hydrogens (tertiary/aromatic N) is 4. The number of thiazole rings is 1. The molecule has 6 nitrogen and oxygen atoms in total. The average Bonchev–Trinajstić information content (AvgIpc) is 3.25. The summed E-state index contributed by atoms with van der Waals surface area (Å²) in [5, 5.41) is 1.89. The molecular formula is C17H18N4O2S. The molecule has 1 fully saturated rings. The molecule has 0 aliphatic carbocycles. The van der Waals surface area contributed by atoms with E-state index in [1.54, 1.807) is 13.3 Å². The van der Waals surface area contributed by atoms with Crippen LogP contribution in [0.2, 0.25) is 0 Å². The zero-order chi connectivity index (χ0) is 16.5. The van der Waals surface area contributed by atoms with E-state index in [0.717, 1.165) is 42.6 Å². The fourth-order valence-corrected chi connectivity index (χ4v) is 3.83. The third-order valence-electron chi connectivity index (χ3n) is 4.37. The summed E-state index contributed by atoms with van der Waals surface area (Å²) in [4.78, 5) is 22.0. The fraction of sp³-hybridized carbons (Fsp3) is 0.294. The number of carbonyl (C=O) groups excluding carboxylic acids is 1. The first-order valence-electron chi connectivity index (χ1n) is 7.85. The van der Waals surface area contributed by atoms with Crippen molar-refractivity contribution in [3.8, 4) is 5.75 Å². The molecule has 1 aliphatic rings. The summed E-state index contributed by atoms with van der Waals surface area (Å²) in [6.07, 6.45) is 3.57. The minimum Gasteiger partial charge on any atom is -0.497 e. The zero-order valence-corrected chi connectivity index (χ0v) is 14.2. The monoisotopic (exact) mass is 342 g/mol. The predicted octanol–water partition coefficient (Wildman–Crippen LogP) is 2.37. The number of hydrogen-bond acceptors (Lipinski definition) is 5. The summed E-state index contributed by atoms with van der Waals surface area (Å²) >= 11 is 1.50. The van der Waals surface area contributed by atoms with Crippen LogP contribution in [0.4, 0.5) is 5.69 Å². The lowest BCUT2D eigenvalue weighted by Gasteiger charge is -2.36. The van der Waals surface area contributed by atoms with Crippen molar-refractivity contribution in [2.45, 2.75) is 0 Å². The molecule has 7 heteroatoms. The Morgan fingerprint density at radius 3 is 2.62 bits per heavy atom. The highest BCUT2D eigenvalue weighted by Gasteiger charge is 2.24. The van der Waals surface area contributed by atoms with Gasteiger partial charge in [-0.3, -0.25) is 9.20 Å². The van der Waals surface area contributed by atoms with E-state index in [-0.39, 0.29) is 5.91 Å². The quantitative estimate of drug-likeness (QED) is 0.733. The first kappa shape index (κ1) is 15.0. The van der Waals surface area contributed by atoms with Gasteiger partial charge in [0.15, 0.2) is 4.96 Å². The second kappa shape index (κ2) is 6.16. The summed E-state index contributed by atoms with van der Waals surface area (Å²) in [6, 6.07) is 8.05. The van der Waals surface area contributed by atoms with Gasteiger partial charge in [-0.1, -0.05) is 0 Å².